The lowest BCUT2D eigenvalue weighted by Gasteiger charge is -2.09. The minimum absolute atomic E-state index is 0. The van der Waals surface area contributed by atoms with Crippen molar-refractivity contribution in [3.63, 3.8) is 0 Å². The standard InChI is InChI=1S/C14H18N6O.ClH/c21-14(16-8-6-11-5-7-15-9-11)12-1-3-13(4-2-12)20-10-17-18-19-20;/h1-4,10-11,15H,5-9H2,(H,16,21);1H. The quantitative estimate of drug-likeness (QED) is 0.851. The van der Waals surface area contributed by atoms with Gasteiger partial charge in [0.05, 0.1) is 5.69 Å². The largest absolute Gasteiger partial charge is 0.352 e. The van der Waals surface area contributed by atoms with E-state index < -0.39 is 0 Å². The van der Waals surface area contributed by atoms with Crippen LogP contribution in [-0.4, -0.2) is 45.7 Å². The first kappa shape index (κ1) is 16.4. The van der Waals surface area contributed by atoms with Gasteiger partial charge in [-0.2, -0.15) is 0 Å². The average Bonchev–Trinajstić information content (AvgIpc) is 3.21. The molecule has 0 bridgehead atoms. The monoisotopic (exact) mass is 322 g/mol. The van der Waals surface area contributed by atoms with Crippen LogP contribution in [-0.2, 0) is 0 Å². The Bertz CT molecular complexity index is 580. The summed E-state index contributed by atoms with van der Waals surface area (Å²) in [6, 6.07) is 7.21. The van der Waals surface area contributed by atoms with Crippen LogP contribution in [0.5, 0.6) is 0 Å². The van der Waals surface area contributed by atoms with Crippen molar-refractivity contribution in [2.75, 3.05) is 19.6 Å². The second kappa shape index (κ2) is 7.86. The highest BCUT2D eigenvalue weighted by Crippen LogP contribution is 2.11. The molecule has 0 radical (unpaired) electrons. The number of carbonyl (C=O) groups excluding carboxylic acids is 1. The first-order valence-corrected chi connectivity index (χ1v) is 7.15. The third-order valence-corrected chi connectivity index (χ3v) is 3.74. The Balaban J connectivity index is 0.00000176. The van der Waals surface area contributed by atoms with E-state index in [1.807, 2.05) is 12.1 Å². The molecule has 0 saturated carbocycles. The highest BCUT2D eigenvalue weighted by molar-refractivity contribution is 5.94. The van der Waals surface area contributed by atoms with Crippen LogP contribution in [0.2, 0.25) is 0 Å². The molecule has 7 nitrogen and oxygen atoms in total. The molecule has 1 aromatic carbocycles. The van der Waals surface area contributed by atoms with Crippen LogP contribution in [0.4, 0.5) is 0 Å². The Morgan fingerprint density at radius 2 is 2.18 bits per heavy atom. The molecule has 2 aromatic rings. The van der Waals surface area contributed by atoms with Crippen LogP contribution < -0.4 is 10.6 Å². The van der Waals surface area contributed by atoms with Crippen LogP contribution in [0.25, 0.3) is 5.69 Å². The van der Waals surface area contributed by atoms with Gasteiger partial charge in [-0.3, -0.25) is 4.79 Å². The molecule has 2 N–H and O–H groups in total. The molecule has 1 aliphatic rings. The summed E-state index contributed by atoms with van der Waals surface area (Å²) < 4.78 is 1.55. The van der Waals surface area contributed by atoms with Gasteiger partial charge in [0, 0.05) is 12.1 Å². The lowest BCUT2D eigenvalue weighted by molar-refractivity contribution is 0.0951. The highest BCUT2D eigenvalue weighted by Gasteiger charge is 2.14. The van der Waals surface area contributed by atoms with Gasteiger partial charge < -0.3 is 10.6 Å². The molecule has 0 aliphatic carbocycles. The van der Waals surface area contributed by atoms with E-state index in [1.54, 1.807) is 16.8 Å². The summed E-state index contributed by atoms with van der Waals surface area (Å²) in [7, 11) is 0. The number of amides is 1. The van der Waals surface area contributed by atoms with Gasteiger partial charge in [-0.25, -0.2) is 4.68 Å². The molecule has 1 aromatic heterocycles. The summed E-state index contributed by atoms with van der Waals surface area (Å²) in [6.07, 6.45) is 3.75. The van der Waals surface area contributed by atoms with Crippen molar-refractivity contribution >= 4 is 18.3 Å². The summed E-state index contributed by atoms with van der Waals surface area (Å²) in [5.74, 6) is 0.650. The SMILES string of the molecule is Cl.O=C(NCCC1CCNC1)c1ccc(-n2cnnn2)cc1. The molecule has 1 saturated heterocycles. The number of nitrogens with one attached hydrogen (secondary N) is 2. The maximum absolute atomic E-state index is 12.0. The van der Waals surface area contributed by atoms with Crippen molar-refractivity contribution in [2.24, 2.45) is 5.92 Å². The molecule has 1 atom stereocenters. The van der Waals surface area contributed by atoms with E-state index in [-0.39, 0.29) is 18.3 Å². The molecule has 118 valence electrons. The van der Waals surface area contributed by atoms with Gasteiger partial charge in [0.25, 0.3) is 5.91 Å². The van der Waals surface area contributed by atoms with E-state index in [4.69, 9.17) is 0 Å². The zero-order valence-electron chi connectivity index (χ0n) is 12.1. The van der Waals surface area contributed by atoms with Gasteiger partial charge in [-0.05, 0) is 66.5 Å². The third kappa shape index (κ3) is 4.02. The number of benzene rings is 1. The number of rotatable bonds is 5. The van der Waals surface area contributed by atoms with Crippen LogP contribution in [0.1, 0.15) is 23.2 Å². The van der Waals surface area contributed by atoms with E-state index in [2.05, 4.69) is 26.2 Å². The summed E-state index contributed by atoms with van der Waals surface area (Å²) in [4.78, 5) is 12.0. The maximum Gasteiger partial charge on any atom is 0.251 e. The fourth-order valence-corrected chi connectivity index (χ4v) is 2.50. The number of hydrogen-bond acceptors (Lipinski definition) is 5. The molecule has 1 fully saturated rings. The summed E-state index contributed by atoms with van der Waals surface area (Å²) in [5.41, 5.74) is 1.48. The molecule has 22 heavy (non-hydrogen) atoms. The van der Waals surface area contributed by atoms with E-state index in [0.717, 1.165) is 31.7 Å². The second-order valence-corrected chi connectivity index (χ2v) is 5.20. The van der Waals surface area contributed by atoms with Crippen molar-refractivity contribution in [2.45, 2.75) is 12.8 Å². The third-order valence-electron chi connectivity index (χ3n) is 3.74. The molecular formula is C14H19ClN6O. The van der Waals surface area contributed by atoms with Gasteiger partial charge in [0.2, 0.25) is 0 Å². The van der Waals surface area contributed by atoms with E-state index in [1.165, 1.54) is 12.7 Å². The Kier molecular flexibility index (Phi) is 5.85. The molecule has 1 amide bonds. The molecule has 2 heterocycles. The number of hydrogen-bond donors (Lipinski definition) is 2. The number of carbonyl (C=O) groups is 1. The van der Waals surface area contributed by atoms with Crippen LogP contribution in [0, 0.1) is 5.92 Å². The normalized spacial score (nSPS) is 17.0. The van der Waals surface area contributed by atoms with E-state index in [9.17, 15) is 4.79 Å². The summed E-state index contributed by atoms with van der Waals surface area (Å²) in [5, 5.41) is 17.3. The van der Waals surface area contributed by atoms with Gasteiger partial charge in [-0.1, -0.05) is 0 Å². The minimum Gasteiger partial charge on any atom is -0.352 e. The Morgan fingerprint density at radius 1 is 1.36 bits per heavy atom. The van der Waals surface area contributed by atoms with Crippen molar-refractivity contribution in [3.8, 4) is 5.69 Å². The summed E-state index contributed by atoms with van der Waals surface area (Å²) >= 11 is 0. The fourth-order valence-electron chi connectivity index (χ4n) is 2.50. The van der Waals surface area contributed by atoms with E-state index in [0.29, 0.717) is 11.5 Å². The maximum atomic E-state index is 12.0. The zero-order chi connectivity index (χ0) is 14.5. The van der Waals surface area contributed by atoms with Crippen LogP contribution in [0.15, 0.2) is 30.6 Å². The highest BCUT2D eigenvalue weighted by atomic mass is 35.5. The fraction of sp³-hybridized carbons (Fsp3) is 0.429. The van der Waals surface area contributed by atoms with Gasteiger partial charge in [0.1, 0.15) is 6.33 Å². The number of halogens is 1. The number of nitrogens with zero attached hydrogens (tertiary/aromatic N) is 4. The molecule has 1 aliphatic heterocycles. The predicted molar refractivity (Wildman–Crippen MR) is 84.3 cm³/mol. The topological polar surface area (TPSA) is 84.7 Å². The smallest absolute Gasteiger partial charge is 0.251 e. The van der Waals surface area contributed by atoms with Crippen molar-refractivity contribution in [1.82, 2.24) is 30.8 Å². The summed E-state index contributed by atoms with van der Waals surface area (Å²) in [6.45, 7) is 2.88. The van der Waals surface area contributed by atoms with Gasteiger partial charge in [0.15, 0.2) is 0 Å². The van der Waals surface area contributed by atoms with Gasteiger partial charge >= 0.3 is 0 Å². The van der Waals surface area contributed by atoms with Crippen molar-refractivity contribution in [1.29, 1.82) is 0 Å². The van der Waals surface area contributed by atoms with Crippen LogP contribution in [0.3, 0.4) is 0 Å². The van der Waals surface area contributed by atoms with Crippen molar-refractivity contribution in [3.05, 3.63) is 36.2 Å². The minimum atomic E-state index is -0.0378. The molecule has 1 unspecified atom stereocenters. The predicted octanol–water partition coefficient (Wildman–Crippen LogP) is 0.813. The molecule has 0 spiro atoms. The van der Waals surface area contributed by atoms with Crippen molar-refractivity contribution < 1.29 is 4.79 Å². The number of tetrazole rings is 1. The van der Waals surface area contributed by atoms with Crippen LogP contribution >= 0.6 is 12.4 Å². The lowest BCUT2D eigenvalue weighted by Crippen LogP contribution is -2.26. The zero-order valence-corrected chi connectivity index (χ0v) is 12.9. The Hall–Kier alpha value is -1.99. The first-order chi connectivity index (χ1) is 10.3. The molecule has 8 heteroatoms. The van der Waals surface area contributed by atoms with E-state index >= 15 is 0 Å². The Labute approximate surface area is 134 Å². The lowest BCUT2D eigenvalue weighted by atomic mass is 10.1. The average molecular weight is 323 g/mol. The Morgan fingerprint density at radius 3 is 2.82 bits per heavy atom. The molecule has 3 rings (SSSR count). The second-order valence-electron chi connectivity index (χ2n) is 5.20. The first-order valence-electron chi connectivity index (χ1n) is 7.15. The number of aromatic nitrogens is 4. The molecular weight excluding hydrogens is 304 g/mol. The van der Waals surface area contributed by atoms with Gasteiger partial charge in [-0.15, -0.1) is 17.5 Å².